The van der Waals surface area contributed by atoms with Gasteiger partial charge in [-0.25, -0.2) is 4.79 Å². The Morgan fingerprint density at radius 1 is 1.67 bits per heavy atom. The topological polar surface area (TPSA) is 76.0 Å². The van der Waals surface area contributed by atoms with Gasteiger partial charge in [0, 0.05) is 0 Å². The highest BCUT2D eigenvalue weighted by molar-refractivity contribution is 5.76. The van der Waals surface area contributed by atoms with Crippen LogP contribution in [0.2, 0.25) is 0 Å². The maximum absolute atomic E-state index is 10.8. The summed E-state index contributed by atoms with van der Waals surface area (Å²) in [6, 6.07) is 0. The van der Waals surface area contributed by atoms with E-state index in [9.17, 15) is 9.90 Å². The summed E-state index contributed by atoms with van der Waals surface area (Å²) in [4.78, 5) is 10.8. The highest BCUT2D eigenvalue weighted by Gasteiger charge is 2.48. The van der Waals surface area contributed by atoms with Crippen molar-refractivity contribution in [2.75, 3.05) is 7.11 Å². The molecular formula is C7H12O5. The molecule has 1 fully saturated rings. The SMILES string of the molecule is COC(=O)C1OC(C(C)O)C1O. The van der Waals surface area contributed by atoms with Crippen LogP contribution in [0.1, 0.15) is 6.92 Å². The van der Waals surface area contributed by atoms with Crippen LogP contribution in [-0.2, 0) is 14.3 Å². The monoisotopic (exact) mass is 176 g/mol. The summed E-state index contributed by atoms with van der Waals surface area (Å²) in [6.07, 6.45) is -3.35. The van der Waals surface area contributed by atoms with Gasteiger partial charge in [0.25, 0.3) is 0 Å². The maximum Gasteiger partial charge on any atom is 0.337 e. The van der Waals surface area contributed by atoms with E-state index in [1.54, 1.807) is 0 Å². The van der Waals surface area contributed by atoms with Gasteiger partial charge in [0.15, 0.2) is 6.10 Å². The third-order valence-electron chi connectivity index (χ3n) is 1.86. The second-order valence-corrected chi connectivity index (χ2v) is 2.78. The van der Waals surface area contributed by atoms with Crippen molar-refractivity contribution < 1.29 is 24.5 Å². The van der Waals surface area contributed by atoms with Crippen LogP contribution in [-0.4, -0.2) is 47.7 Å². The highest BCUT2D eigenvalue weighted by atomic mass is 16.6. The average Bonchev–Trinajstić information content (AvgIpc) is 2.00. The summed E-state index contributed by atoms with van der Waals surface area (Å²) in [5.74, 6) is -0.612. The third-order valence-corrected chi connectivity index (χ3v) is 1.86. The first-order valence-electron chi connectivity index (χ1n) is 3.67. The van der Waals surface area contributed by atoms with E-state index in [-0.39, 0.29) is 0 Å². The Kier molecular flexibility index (Phi) is 2.66. The fourth-order valence-electron chi connectivity index (χ4n) is 1.12. The fourth-order valence-corrected chi connectivity index (χ4v) is 1.12. The minimum Gasteiger partial charge on any atom is -0.467 e. The van der Waals surface area contributed by atoms with Crippen molar-refractivity contribution in [3.63, 3.8) is 0 Å². The summed E-state index contributed by atoms with van der Waals surface area (Å²) in [6.45, 7) is 1.49. The zero-order valence-electron chi connectivity index (χ0n) is 6.93. The molecule has 0 aromatic carbocycles. The van der Waals surface area contributed by atoms with Crippen molar-refractivity contribution in [2.45, 2.75) is 31.3 Å². The van der Waals surface area contributed by atoms with Gasteiger partial charge in [0.05, 0.1) is 13.2 Å². The minimum atomic E-state index is -0.961. The van der Waals surface area contributed by atoms with E-state index in [2.05, 4.69) is 4.74 Å². The molecule has 5 nitrogen and oxygen atoms in total. The van der Waals surface area contributed by atoms with Crippen LogP contribution in [0.3, 0.4) is 0 Å². The molecule has 0 aliphatic carbocycles. The molecule has 1 heterocycles. The Balaban J connectivity index is 2.43. The predicted molar refractivity (Wildman–Crippen MR) is 38.4 cm³/mol. The Hall–Kier alpha value is -0.650. The van der Waals surface area contributed by atoms with Gasteiger partial charge in [-0.15, -0.1) is 0 Å². The summed E-state index contributed by atoms with van der Waals surface area (Å²) >= 11 is 0. The average molecular weight is 176 g/mol. The smallest absolute Gasteiger partial charge is 0.337 e. The standard InChI is InChI=1S/C7H12O5/c1-3(8)5-4(9)6(12-5)7(10)11-2/h3-6,8-9H,1-2H3. The lowest BCUT2D eigenvalue weighted by atomic mass is 9.97. The van der Waals surface area contributed by atoms with E-state index < -0.39 is 30.4 Å². The number of aliphatic hydroxyl groups is 2. The van der Waals surface area contributed by atoms with Gasteiger partial charge < -0.3 is 19.7 Å². The number of carbonyl (C=O) groups is 1. The zero-order chi connectivity index (χ0) is 9.30. The molecule has 1 aliphatic rings. The van der Waals surface area contributed by atoms with E-state index in [4.69, 9.17) is 9.84 Å². The molecule has 12 heavy (non-hydrogen) atoms. The number of carbonyl (C=O) groups excluding carboxylic acids is 1. The number of hydrogen-bond acceptors (Lipinski definition) is 5. The van der Waals surface area contributed by atoms with Crippen LogP contribution in [0.25, 0.3) is 0 Å². The molecule has 0 aromatic rings. The maximum atomic E-state index is 10.8. The summed E-state index contributed by atoms with van der Waals surface area (Å²) < 4.78 is 9.24. The van der Waals surface area contributed by atoms with E-state index in [1.807, 2.05) is 0 Å². The molecule has 2 N–H and O–H groups in total. The van der Waals surface area contributed by atoms with E-state index in [0.29, 0.717) is 0 Å². The van der Waals surface area contributed by atoms with Gasteiger partial charge >= 0.3 is 5.97 Å². The molecule has 5 heteroatoms. The molecule has 0 bridgehead atoms. The molecule has 0 saturated carbocycles. The lowest BCUT2D eigenvalue weighted by molar-refractivity contribution is -0.252. The van der Waals surface area contributed by atoms with Crippen molar-refractivity contribution in [1.82, 2.24) is 0 Å². The molecule has 0 aromatic heterocycles. The molecule has 1 rings (SSSR count). The molecule has 0 spiro atoms. The lowest BCUT2D eigenvalue weighted by Gasteiger charge is -2.40. The van der Waals surface area contributed by atoms with Gasteiger partial charge in [-0.3, -0.25) is 0 Å². The highest BCUT2D eigenvalue weighted by Crippen LogP contribution is 2.24. The molecule has 1 saturated heterocycles. The molecule has 0 radical (unpaired) electrons. The van der Waals surface area contributed by atoms with Crippen molar-refractivity contribution in [3.8, 4) is 0 Å². The van der Waals surface area contributed by atoms with Gasteiger partial charge in [-0.2, -0.15) is 0 Å². The summed E-state index contributed by atoms with van der Waals surface area (Å²) in [5, 5.41) is 18.2. The first kappa shape index (κ1) is 9.44. The van der Waals surface area contributed by atoms with Crippen molar-refractivity contribution in [2.24, 2.45) is 0 Å². The summed E-state index contributed by atoms with van der Waals surface area (Å²) in [5.41, 5.74) is 0. The normalized spacial score (nSPS) is 36.8. The van der Waals surface area contributed by atoms with Gasteiger partial charge in [-0.05, 0) is 6.92 Å². The van der Waals surface area contributed by atoms with E-state index in [1.165, 1.54) is 14.0 Å². The number of aliphatic hydroxyl groups excluding tert-OH is 2. The second-order valence-electron chi connectivity index (χ2n) is 2.78. The predicted octanol–water partition coefficient (Wildman–Crippen LogP) is -1.33. The third kappa shape index (κ3) is 1.43. The number of rotatable bonds is 2. The first-order chi connectivity index (χ1) is 5.57. The number of methoxy groups -OCH3 is 1. The van der Waals surface area contributed by atoms with Gasteiger partial charge in [-0.1, -0.05) is 0 Å². The largest absolute Gasteiger partial charge is 0.467 e. The van der Waals surface area contributed by atoms with Crippen LogP contribution < -0.4 is 0 Å². The van der Waals surface area contributed by atoms with Gasteiger partial charge in [0.2, 0.25) is 0 Å². The second kappa shape index (κ2) is 3.38. The Bertz CT molecular complexity index is 179. The minimum absolute atomic E-state index is 0.612. The van der Waals surface area contributed by atoms with E-state index >= 15 is 0 Å². The van der Waals surface area contributed by atoms with Crippen LogP contribution in [0, 0.1) is 0 Å². The van der Waals surface area contributed by atoms with Crippen molar-refractivity contribution >= 4 is 5.97 Å². The van der Waals surface area contributed by atoms with Crippen molar-refractivity contribution in [1.29, 1.82) is 0 Å². The molecular weight excluding hydrogens is 164 g/mol. The van der Waals surface area contributed by atoms with Crippen LogP contribution in [0.5, 0.6) is 0 Å². The molecule has 4 atom stereocenters. The number of ether oxygens (including phenoxy) is 2. The number of hydrogen-bond donors (Lipinski definition) is 2. The van der Waals surface area contributed by atoms with Crippen molar-refractivity contribution in [3.05, 3.63) is 0 Å². The Labute approximate surface area is 69.9 Å². The van der Waals surface area contributed by atoms with Gasteiger partial charge in [0.1, 0.15) is 12.2 Å². The van der Waals surface area contributed by atoms with Crippen LogP contribution in [0.15, 0.2) is 0 Å². The number of esters is 1. The molecule has 1 aliphatic heterocycles. The molecule has 4 unspecified atom stereocenters. The Morgan fingerprint density at radius 3 is 2.58 bits per heavy atom. The molecule has 0 amide bonds. The van der Waals surface area contributed by atoms with E-state index in [0.717, 1.165) is 0 Å². The lowest BCUT2D eigenvalue weighted by Crippen LogP contribution is -2.61. The molecule has 70 valence electrons. The summed E-state index contributed by atoms with van der Waals surface area (Å²) in [7, 11) is 1.22. The quantitative estimate of drug-likeness (QED) is 0.510. The fraction of sp³-hybridized carbons (Fsp3) is 0.857. The van der Waals surface area contributed by atoms with Crippen LogP contribution >= 0.6 is 0 Å². The zero-order valence-corrected chi connectivity index (χ0v) is 6.93. The van der Waals surface area contributed by atoms with Crippen LogP contribution in [0.4, 0.5) is 0 Å². The first-order valence-corrected chi connectivity index (χ1v) is 3.67. The Morgan fingerprint density at radius 2 is 2.25 bits per heavy atom.